The van der Waals surface area contributed by atoms with Crippen LogP contribution >= 0.6 is 0 Å². The summed E-state index contributed by atoms with van der Waals surface area (Å²) in [4.78, 5) is 4.21. The lowest BCUT2D eigenvalue weighted by molar-refractivity contribution is -0.313. The zero-order chi connectivity index (χ0) is 30.5. The number of aliphatic imine (C=N–C) groups is 1. The normalized spacial score (nSPS) is 43.0. The highest BCUT2D eigenvalue weighted by Gasteiger charge is 2.51. The van der Waals surface area contributed by atoms with E-state index in [0.29, 0.717) is 18.7 Å². The van der Waals surface area contributed by atoms with E-state index in [1.165, 1.54) is 0 Å². The van der Waals surface area contributed by atoms with Crippen LogP contribution in [0.25, 0.3) is 0 Å². The smallest absolute Gasteiger partial charge is 0.184 e. The molecule has 238 valence electrons. The molecule has 1 aliphatic carbocycles. The van der Waals surface area contributed by atoms with Crippen LogP contribution in [-0.2, 0) is 18.9 Å². The zero-order valence-electron chi connectivity index (χ0n) is 23.8. The van der Waals surface area contributed by atoms with Crippen molar-refractivity contribution in [3.8, 4) is 0 Å². The van der Waals surface area contributed by atoms with Crippen LogP contribution in [0.3, 0.4) is 0 Å². The van der Waals surface area contributed by atoms with E-state index < -0.39 is 72.7 Å². The predicted molar refractivity (Wildman–Crippen MR) is 150 cm³/mol. The molecule has 0 spiro atoms. The minimum absolute atomic E-state index is 0.107. The van der Waals surface area contributed by atoms with Crippen LogP contribution < -0.4 is 34.0 Å². The fourth-order valence-corrected chi connectivity index (χ4v) is 5.27. The van der Waals surface area contributed by atoms with Gasteiger partial charge in [0.25, 0.3) is 0 Å². The van der Waals surface area contributed by atoms with E-state index in [1.54, 1.807) is 13.8 Å². The van der Waals surface area contributed by atoms with Crippen molar-refractivity contribution in [2.45, 2.75) is 112 Å². The molecule has 13 atom stereocenters. The summed E-state index contributed by atoms with van der Waals surface area (Å²) in [5.41, 5.74) is 28.2. The lowest BCUT2D eigenvalue weighted by atomic mass is 9.82. The first-order valence-electron chi connectivity index (χ1n) is 14.2. The van der Waals surface area contributed by atoms with Gasteiger partial charge >= 0.3 is 0 Å². The summed E-state index contributed by atoms with van der Waals surface area (Å²) < 4.78 is 24.0. The van der Waals surface area contributed by atoms with Crippen LogP contribution in [0.5, 0.6) is 0 Å². The van der Waals surface area contributed by atoms with Crippen LogP contribution in [0.2, 0.25) is 0 Å². The molecule has 0 aromatic heterocycles. The highest BCUT2D eigenvalue weighted by molar-refractivity contribution is 5.83. The molecule has 0 bridgehead atoms. The Morgan fingerprint density at radius 2 is 1.80 bits per heavy atom. The third-order valence-corrected chi connectivity index (χ3v) is 8.23. The molecule has 41 heavy (non-hydrogen) atoms. The molecule has 1 saturated carbocycles. The van der Waals surface area contributed by atoms with Gasteiger partial charge in [0, 0.05) is 12.0 Å². The van der Waals surface area contributed by atoms with Gasteiger partial charge in [0.1, 0.15) is 42.2 Å². The second-order valence-corrected chi connectivity index (χ2v) is 11.6. The first kappa shape index (κ1) is 34.0. The van der Waals surface area contributed by atoms with Gasteiger partial charge in [0.2, 0.25) is 0 Å². The maximum Gasteiger partial charge on any atom is 0.184 e. The van der Waals surface area contributed by atoms with Gasteiger partial charge in [-0.1, -0.05) is 6.92 Å². The molecule has 16 heteroatoms. The Bertz CT molecular complexity index is 885. The average molecular weight is 591 g/mol. The fraction of sp³-hybridized carbons (Fsp3) is 0.920. The van der Waals surface area contributed by atoms with E-state index in [0.717, 1.165) is 0 Å². The number of aliphatic hydroxyl groups excluding tert-OH is 3. The van der Waals surface area contributed by atoms with Gasteiger partial charge in [0.05, 0.1) is 43.5 Å². The molecular formula is C25H50N8O8. The van der Waals surface area contributed by atoms with E-state index in [1.807, 2.05) is 0 Å². The summed E-state index contributed by atoms with van der Waals surface area (Å²) in [6, 6.07) is -2.01. The maximum absolute atomic E-state index is 11.5. The summed E-state index contributed by atoms with van der Waals surface area (Å²) >= 11 is 0. The van der Waals surface area contributed by atoms with E-state index in [-0.39, 0.29) is 51.0 Å². The number of nitrogens with one attached hydrogen (secondary N) is 2. The number of ether oxygens (including phenoxy) is 4. The van der Waals surface area contributed by atoms with Crippen molar-refractivity contribution in [2.24, 2.45) is 39.6 Å². The molecule has 7 unspecified atom stereocenters. The number of amidine groups is 2. The Balaban J connectivity index is 1.78. The summed E-state index contributed by atoms with van der Waals surface area (Å²) in [6.07, 6.45) is -6.79. The van der Waals surface area contributed by atoms with Crippen LogP contribution in [0.4, 0.5) is 0 Å². The standard InChI is InChI=1S/C25H50N8O8/c1-11-18(35)24(38-10-25(11,2)37)41-21-15(33-22(31)16(34)5-6-26)7-14(29)20(19(21)36)40-23-13(28)4-3-12(39-23)9-32-17(30)8-27/h11-16,18-21,23-24,34-37H,3-10,26-29H2,1-2H3,(H2,30,32)(H2,31,33)/t11-,12+,13?,14+,15-,16?,18?,19?,20?,21?,23-,24-,25?/m1/s1. The van der Waals surface area contributed by atoms with Crippen LogP contribution in [0, 0.1) is 11.3 Å². The van der Waals surface area contributed by atoms with E-state index in [2.05, 4.69) is 10.3 Å². The van der Waals surface area contributed by atoms with Crippen molar-refractivity contribution in [2.75, 3.05) is 26.2 Å². The second-order valence-electron chi connectivity index (χ2n) is 11.6. The monoisotopic (exact) mass is 590 g/mol. The van der Waals surface area contributed by atoms with E-state index in [4.69, 9.17) is 53.0 Å². The minimum Gasteiger partial charge on any atom is -0.388 e. The number of nitrogens with two attached hydrogens (primary N) is 5. The number of hydrogen-bond donors (Lipinski definition) is 11. The molecule has 0 amide bonds. The second kappa shape index (κ2) is 14.8. The number of hydrogen-bond acceptors (Lipinski definition) is 14. The molecule has 2 aliphatic heterocycles. The Morgan fingerprint density at radius 3 is 2.46 bits per heavy atom. The topological polar surface area (TPSA) is 296 Å². The van der Waals surface area contributed by atoms with Crippen molar-refractivity contribution in [3.05, 3.63) is 0 Å². The molecule has 3 rings (SSSR count). The molecule has 2 saturated heterocycles. The minimum atomic E-state index is -1.38. The van der Waals surface area contributed by atoms with E-state index >= 15 is 0 Å². The molecule has 16 N–H and O–H groups in total. The van der Waals surface area contributed by atoms with Crippen molar-refractivity contribution in [3.63, 3.8) is 0 Å². The molecular weight excluding hydrogens is 540 g/mol. The van der Waals surface area contributed by atoms with Gasteiger partial charge in [-0.05, 0) is 39.2 Å². The highest BCUT2D eigenvalue weighted by Crippen LogP contribution is 2.34. The SMILES string of the molecule is C[C@@H]1C(O)[C@@H](OC2C(O)C(O[C@H]3O[C@H](CN=C(N)CN)CCC3N)[C@@H](N)C[C@H]2NC(=N)C(O)CCN)OCC1(C)O. The van der Waals surface area contributed by atoms with Crippen molar-refractivity contribution in [1.82, 2.24) is 5.32 Å². The lowest BCUT2D eigenvalue weighted by Gasteiger charge is -2.49. The third kappa shape index (κ3) is 8.52. The first-order chi connectivity index (χ1) is 19.3. The maximum atomic E-state index is 11.5. The summed E-state index contributed by atoms with van der Waals surface area (Å²) in [7, 11) is 0. The van der Waals surface area contributed by atoms with Gasteiger partial charge < -0.3 is 73.4 Å². The lowest BCUT2D eigenvalue weighted by Crippen LogP contribution is -2.68. The molecule has 2 heterocycles. The summed E-state index contributed by atoms with van der Waals surface area (Å²) in [5.74, 6) is -0.518. The van der Waals surface area contributed by atoms with Crippen molar-refractivity contribution in [1.29, 1.82) is 5.41 Å². The molecule has 0 aromatic rings. The van der Waals surface area contributed by atoms with Crippen molar-refractivity contribution < 1.29 is 39.4 Å². The quantitative estimate of drug-likeness (QED) is 0.0802. The number of nitrogens with zero attached hydrogens (tertiary/aromatic N) is 1. The number of aliphatic hydroxyl groups is 4. The van der Waals surface area contributed by atoms with Crippen molar-refractivity contribution >= 4 is 11.7 Å². The Hall–Kier alpha value is -1.54. The summed E-state index contributed by atoms with van der Waals surface area (Å²) in [5, 5.41) is 54.3. The zero-order valence-corrected chi connectivity index (χ0v) is 23.8. The van der Waals surface area contributed by atoms with Gasteiger partial charge in [-0.2, -0.15) is 0 Å². The Kier molecular flexibility index (Phi) is 12.2. The first-order valence-corrected chi connectivity index (χ1v) is 14.2. The van der Waals surface area contributed by atoms with Gasteiger partial charge in [0.15, 0.2) is 12.6 Å². The van der Waals surface area contributed by atoms with Crippen LogP contribution in [0.15, 0.2) is 4.99 Å². The largest absolute Gasteiger partial charge is 0.388 e. The summed E-state index contributed by atoms with van der Waals surface area (Å²) in [6.45, 7) is 3.68. The van der Waals surface area contributed by atoms with Crippen LogP contribution in [0.1, 0.15) is 39.5 Å². The third-order valence-electron chi connectivity index (χ3n) is 8.23. The molecule has 3 aliphatic rings. The van der Waals surface area contributed by atoms with Gasteiger partial charge in [-0.15, -0.1) is 0 Å². The molecule has 0 aromatic carbocycles. The van der Waals surface area contributed by atoms with Gasteiger partial charge in [-0.3, -0.25) is 10.4 Å². The molecule has 0 radical (unpaired) electrons. The average Bonchev–Trinajstić information content (AvgIpc) is 2.93. The highest BCUT2D eigenvalue weighted by atomic mass is 16.7. The fourth-order valence-electron chi connectivity index (χ4n) is 5.27. The van der Waals surface area contributed by atoms with E-state index in [9.17, 15) is 20.4 Å². The Morgan fingerprint density at radius 1 is 1.12 bits per heavy atom. The van der Waals surface area contributed by atoms with Gasteiger partial charge in [-0.25, -0.2) is 0 Å². The molecule has 3 fully saturated rings. The predicted octanol–water partition coefficient (Wildman–Crippen LogP) is -4.25. The number of rotatable bonds is 11. The Labute approximate surface area is 240 Å². The van der Waals surface area contributed by atoms with Crippen LogP contribution in [-0.4, -0.2) is 131 Å². The molecule has 16 nitrogen and oxygen atoms in total.